The van der Waals surface area contributed by atoms with Crippen LogP contribution in [0.3, 0.4) is 0 Å². The number of para-hydroxylation sites is 1. The van der Waals surface area contributed by atoms with Gasteiger partial charge >= 0.3 is 12.1 Å². The summed E-state index contributed by atoms with van der Waals surface area (Å²) in [6.45, 7) is 0. The first-order valence-corrected chi connectivity index (χ1v) is 8.04. The summed E-state index contributed by atoms with van der Waals surface area (Å²) in [4.78, 5) is 23.9. The normalized spacial score (nSPS) is 11.3. The van der Waals surface area contributed by atoms with Crippen molar-refractivity contribution in [1.82, 2.24) is 0 Å². The predicted octanol–water partition coefficient (Wildman–Crippen LogP) is 6.27. The van der Waals surface area contributed by atoms with E-state index in [0.717, 1.165) is 18.2 Å². The van der Waals surface area contributed by atoms with E-state index >= 15 is 0 Å². The highest BCUT2D eigenvalue weighted by Gasteiger charge is 2.35. The van der Waals surface area contributed by atoms with E-state index in [-0.39, 0.29) is 0 Å². The van der Waals surface area contributed by atoms with E-state index in [4.69, 9.17) is 46.4 Å². The number of carboxylic acids is 1. The number of carboxylic acid groups (broad SMARTS) is 1. The molecule has 0 saturated heterocycles. The summed E-state index contributed by atoms with van der Waals surface area (Å²) in [6.07, 6.45) is -4.75. The fourth-order valence-electron chi connectivity index (χ4n) is 2.07. The Morgan fingerprint density at radius 1 is 0.885 bits per heavy atom. The van der Waals surface area contributed by atoms with Crippen molar-refractivity contribution in [2.75, 3.05) is 5.32 Å². The molecule has 0 aliphatic carbocycles. The Morgan fingerprint density at radius 2 is 1.38 bits per heavy atom. The number of anilines is 1. The van der Waals surface area contributed by atoms with Crippen LogP contribution >= 0.6 is 46.4 Å². The van der Waals surface area contributed by atoms with E-state index in [1.165, 1.54) is 6.07 Å². The molecule has 0 spiro atoms. The molecule has 2 aromatic rings. The highest BCUT2D eigenvalue weighted by atomic mass is 35.5. The summed E-state index contributed by atoms with van der Waals surface area (Å²) in [5.41, 5.74) is -3.23. The lowest BCUT2D eigenvalue weighted by atomic mass is 10.1. The Labute approximate surface area is 164 Å². The number of amides is 1. The van der Waals surface area contributed by atoms with Crippen LogP contribution in [0.1, 0.15) is 26.3 Å². The fraction of sp³-hybridized carbons (Fsp3) is 0.0667. The maximum atomic E-state index is 13.0. The van der Waals surface area contributed by atoms with Gasteiger partial charge < -0.3 is 10.4 Å². The van der Waals surface area contributed by atoms with Crippen molar-refractivity contribution in [3.63, 3.8) is 0 Å². The van der Waals surface area contributed by atoms with E-state index in [9.17, 15) is 27.9 Å². The largest absolute Gasteiger partial charge is 0.478 e. The van der Waals surface area contributed by atoms with Gasteiger partial charge in [-0.25, -0.2) is 4.79 Å². The second kappa shape index (κ2) is 7.52. The second-order valence-electron chi connectivity index (χ2n) is 4.81. The first-order chi connectivity index (χ1) is 12.0. The quantitative estimate of drug-likeness (QED) is 0.431. The summed E-state index contributed by atoms with van der Waals surface area (Å²) in [5.74, 6) is -2.91. The predicted molar refractivity (Wildman–Crippen MR) is 92.8 cm³/mol. The van der Waals surface area contributed by atoms with Crippen molar-refractivity contribution < 1.29 is 27.9 Å². The Hall–Kier alpha value is -1.67. The Kier molecular flexibility index (Phi) is 5.97. The number of halogens is 7. The lowest BCUT2D eigenvalue weighted by Gasteiger charge is -2.16. The molecule has 2 aromatic carbocycles. The van der Waals surface area contributed by atoms with Gasteiger partial charge in [-0.3, -0.25) is 4.79 Å². The summed E-state index contributed by atoms with van der Waals surface area (Å²) in [6, 6.07) is 4.13. The molecule has 0 atom stereocenters. The maximum Gasteiger partial charge on any atom is 0.418 e. The zero-order chi connectivity index (χ0) is 19.8. The third-order valence-electron chi connectivity index (χ3n) is 3.19. The van der Waals surface area contributed by atoms with Crippen LogP contribution in [0.25, 0.3) is 0 Å². The molecule has 4 nitrogen and oxygen atoms in total. The van der Waals surface area contributed by atoms with Gasteiger partial charge in [0.1, 0.15) is 0 Å². The first-order valence-electron chi connectivity index (χ1n) is 6.53. The summed E-state index contributed by atoms with van der Waals surface area (Å²) >= 11 is 23.3. The molecule has 0 bridgehead atoms. The number of nitrogens with one attached hydrogen (secondary N) is 1. The van der Waals surface area contributed by atoms with Gasteiger partial charge in [-0.1, -0.05) is 58.5 Å². The molecule has 0 aliphatic rings. The van der Waals surface area contributed by atoms with Gasteiger partial charge in [-0.15, -0.1) is 0 Å². The molecular formula is C15H6Cl4F3NO3. The minimum atomic E-state index is -4.75. The zero-order valence-electron chi connectivity index (χ0n) is 12.2. The van der Waals surface area contributed by atoms with Gasteiger partial charge in [0.25, 0.3) is 5.91 Å². The molecule has 0 saturated carbocycles. The van der Waals surface area contributed by atoms with Crippen molar-refractivity contribution >= 4 is 64.0 Å². The van der Waals surface area contributed by atoms with Crippen LogP contribution < -0.4 is 5.32 Å². The number of carbonyl (C=O) groups is 2. The van der Waals surface area contributed by atoms with Gasteiger partial charge in [0.2, 0.25) is 0 Å². The van der Waals surface area contributed by atoms with Crippen LogP contribution in [0.15, 0.2) is 24.3 Å². The Bertz CT molecular complexity index is 916. The Balaban J connectivity index is 2.62. The molecular weight excluding hydrogens is 441 g/mol. The van der Waals surface area contributed by atoms with Crippen LogP contribution in [-0.2, 0) is 6.18 Å². The van der Waals surface area contributed by atoms with Gasteiger partial charge in [-0.05, 0) is 12.1 Å². The average molecular weight is 447 g/mol. The van der Waals surface area contributed by atoms with E-state index in [2.05, 4.69) is 0 Å². The van der Waals surface area contributed by atoms with Crippen LogP contribution in [0.4, 0.5) is 18.9 Å². The molecule has 0 aromatic heterocycles. The molecule has 0 fully saturated rings. The third kappa shape index (κ3) is 3.86. The molecule has 1 amide bonds. The average Bonchev–Trinajstić information content (AvgIpc) is 2.55. The minimum absolute atomic E-state index is 0.400. The number of alkyl halides is 3. The number of hydrogen-bond acceptors (Lipinski definition) is 2. The fourth-order valence-corrected chi connectivity index (χ4v) is 3.09. The number of carbonyl (C=O) groups excluding carboxylic acids is 1. The first kappa shape index (κ1) is 20.6. The number of hydrogen-bond donors (Lipinski definition) is 2. The van der Waals surface area contributed by atoms with Crippen molar-refractivity contribution in [1.29, 1.82) is 0 Å². The molecule has 0 unspecified atom stereocenters. The van der Waals surface area contributed by atoms with E-state index in [1.807, 2.05) is 5.32 Å². The van der Waals surface area contributed by atoms with Crippen LogP contribution in [0.5, 0.6) is 0 Å². The second-order valence-corrected chi connectivity index (χ2v) is 6.32. The molecule has 26 heavy (non-hydrogen) atoms. The van der Waals surface area contributed by atoms with Gasteiger partial charge in [-0.2, -0.15) is 13.2 Å². The lowest BCUT2D eigenvalue weighted by Crippen LogP contribution is -2.20. The number of rotatable bonds is 3. The molecule has 2 rings (SSSR count). The van der Waals surface area contributed by atoms with Crippen LogP contribution in [0.2, 0.25) is 20.1 Å². The molecule has 2 N–H and O–H groups in total. The van der Waals surface area contributed by atoms with Crippen LogP contribution in [-0.4, -0.2) is 17.0 Å². The molecule has 0 aliphatic heterocycles. The third-order valence-corrected chi connectivity index (χ3v) is 4.99. The zero-order valence-corrected chi connectivity index (χ0v) is 15.2. The standard InChI is InChI=1S/C15H6Cl4F3NO3/c16-9-7(8(14(25)26)10(17)12(19)11(9)18)13(24)23-6-4-2-1-3-5(6)15(20,21)22/h1-4H,(H,23,24)(H,25,26). The maximum absolute atomic E-state index is 13.0. The van der Waals surface area contributed by atoms with E-state index in [0.29, 0.717) is 0 Å². The summed E-state index contributed by atoms with van der Waals surface area (Å²) < 4.78 is 39.1. The van der Waals surface area contributed by atoms with Gasteiger partial charge in [0, 0.05) is 0 Å². The summed E-state index contributed by atoms with van der Waals surface area (Å²) in [5, 5.41) is 9.33. The molecule has 138 valence electrons. The Morgan fingerprint density at radius 3 is 1.88 bits per heavy atom. The molecule has 0 radical (unpaired) electrons. The smallest absolute Gasteiger partial charge is 0.418 e. The highest BCUT2D eigenvalue weighted by molar-refractivity contribution is 6.54. The van der Waals surface area contributed by atoms with Crippen molar-refractivity contribution in [3.8, 4) is 0 Å². The highest BCUT2D eigenvalue weighted by Crippen LogP contribution is 2.42. The van der Waals surface area contributed by atoms with Gasteiger partial charge in [0.05, 0.1) is 42.5 Å². The van der Waals surface area contributed by atoms with Crippen LogP contribution in [0, 0.1) is 0 Å². The number of aromatic carboxylic acids is 1. The number of benzene rings is 2. The molecule has 0 heterocycles. The minimum Gasteiger partial charge on any atom is -0.478 e. The summed E-state index contributed by atoms with van der Waals surface area (Å²) in [7, 11) is 0. The topological polar surface area (TPSA) is 66.4 Å². The van der Waals surface area contributed by atoms with Crippen molar-refractivity contribution in [3.05, 3.63) is 61.0 Å². The van der Waals surface area contributed by atoms with E-state index < -0.39 is 60.5 Å². The van der Waals surface area contributed by atoms with Crippen molar-refractivity contribution in [2.24, 2.45) is 0 Å². The monoisotopic (exact) mass is 445 g/mol. The SMILES string of the molecule is O=C(O)c1c(Cl)c(Cl)c(Cl)c(Cl)c1C(=O)Nc1ccccc1C(F)(F)F. The van der Waals surface area contributed by atoms with Crippen molar-refractivity contribution in [2.45, 2.75) is 6.18 Å². The van der Waals surface area contributed by atoms with E-state index in [1.54, 1.807) is 0 Å². The van der Waals surface area contributed by atoms with Gasteiger partial charge in [0.15, 0.2) is 0 Å². The molecule has 11 heteroatoms. The lowest BCUT2D eigenvalue weighted by molar-refractivity contribution is -0.136.